The zero-order chi connectivity index (χ0) is 18.2. The molecule has 0 bridgehead atoms. The van der Waals surface area contributed by atoms with Crippen LogP contribution in [0, 0.1) is 5.92 Å². The van der Waals surface area contributed by atoms with Crippen LogP contribution in [0.3, 0.4) is 0 Å². The van der Waals surface area contributed by atoms with E-state index in [-0.39, 0.29) is 12.2 Å². The molecule has 2 aliphatic heterocycles. The van der Waals surface area contributed by atoms with E-state index < -0.39 is 0 Å². The molecule has 136 valence electrons. The molecule has 0 radical (unpaired) electrons. The molecule has 1 fully saturated rings. The van der Waals surface area contributed by atoms with Gasteiger partial charge in [-0.15, -0.1) is 0 Å². The normalized spacial score (nSPS) is 17.7. The van der Waals surface area contributed by atoms with Crippen molar-refractivity contribution >= 4 is 23.1 Å². The molecule has 1 aromatic carbocycles. The first kappa shape index (κ1) is 16.2. The number of benzene rings is 1. The van der Waals surface area contributed by atoms with Crippen molar-refractivity contribution in [3.8, 4) is 5.75 Å². The standard InChI is InChI=1S/C21H20N4O2/c26-17(15-3-2-8-22-12-15)11-19-24-20-16(21-23-9-10-25(19)21)4-1-5-18(20)27-13-14-6-7-14/h1-5,8,12,14H,6-7,9-11,13H2. The number of hydrogen-bond acceptors (Lipinski definition) is 6. The molecule has 0 unspecified atom stereocenters. The van der Waals surface area contributed by atoms with Gasteiger partial charge < -0.3 is 9.64 Å². The van der Waals surface area contributed by atoms with Gasteiger partial charge in [0.2, 0.25) is 0 Å². The van der Waals surface area contributed by atoms with Gasteiger partial charge in [-0.3, -0.25) is 14.8 Å². The number of fused-ring (bicyclic) bond motifs is 3. The van der Waals surface area contributed by atoms with E-state index in [9.17, 15) is 4.79 Å². The number of amidine groups is 2. The highest BCUT2D eigenvalue weighted by Gasteiger charge is 2.32. The fraction of sp³-hybridized carbons (Fsp3) is 0.333. The summed E-state index contributed by atoms with van der Waals surface area (Å²) in [5.41, 5.74) is 2.38. The Morgan fingerprint density at radius 2 is 2.15 bits per heavy atom. The zero-order valence-corrected chi connectivity index (χ0v) is 15.0. The molecule has 27 heavy (non-hydrogen) atoms. The Hall–Kier alpha value is -3.02. The molecule has 2 aromatic rings. The van der Waals surface area contributed by atoms with Gasteiger partial charge in [0.15, 0.2) is 5.78 Å². The first-order valence-electron chi connectivity index (χ1n) is 9.38. The maximum absolute atomic E-state index is 12.7. The van der Waals surface area contributed by atoms with Gasteiger partial charge in [0, 0.05) is 30.1 Å². The highest BCUT2D eigenvalue weighted by molar-refractivity contribution is 6.21. The van der Waals surface area contributed by atoms with E-state index in [0.29, 0.717) is 18.0 Å². The van der Waals surface area contributed by atoms with E-state index in [4.69, 9.17) is 9.73 Å². The summed E-state index contributed by atoms with van der Waals surface area (Å²) in [5, 5.41) is 0. The van der Waals surface area contributed by atoms with Crippen LogP contribution in [0.1, 0.15) is 35.2 Å². The van der Waals surface area contributed by atoms with Crippen molar-refractivity contribution in [2.24, 2.45) is 15.9 Å². The van der Waals surface area contributed by atoms with Crippen molar-refractivity contribution in [3.63, 3.8) is 0 Å². The number of hydrogen-bond donors (Lipinski definition) is 0. The van der Waals surface area contributed by atoms with Gasteiger partial charge in [0.1, 0.15) is 23.1 Å². The van der Waals surface area contributed by atoms with E-state index in [2.05, 4.69) is 14.9 Å². The minimum Gasteiger partial charge on any atom is -0.491 e. The van der Waals surface area contributed by atoms with Gasteiger partial charge in [-0.05, 0) is 43.0 Å². The Morgan fingerprint density at radius 3 is 2.96 bits per heavy atom. The van der Waals surface area contributed by atoms with Crippen molar-refractivity contribution in [2.75, 3.05) is 19.7 Å². The lowest BCUT2D eigenvalue weighted by Gasteiger charge is -2.28. The molecule has 3 aliphatic rings. The van der Waals surface area contributed by atoms with Crippen molar-refractivity contribution in [1.82, 2.24) is 9.88 Å². The third-order valence-electron chi connectivity index (χ3n) is 5.11. The second kappa shape index (κ2) is 6.61. The molecule has 0 N–H and O–H groups in total. The van der Waals surface area contributed by atoms with Gasteiger partial charge in [-0.1, -0.05) is 6.07 Å². The van der Waals surface area contributed by atoms with Crippen LogP contribution >= 0.6 is 0 Å². The number of carbonyl (C=O) groups excluding carboxylic acids is 1. The topological polar surface area (TPSA) is 67.2 Å². The van der Waals surface area contributed by atoms with Crippen LogP contribution in [0.25, 0.3) is 0 Å². The Morgan fingerprint density at radius 1 is 1.22 bits per heavy atom. The summed E-state index contributed by atoms with van der Waals surface area (Å²) in [5.74, 6) is 3.08. The summed E-state index contributed by atoms with van der Waals surface area (Å²) in [7, 11) is 0. The lowest BCUT2D eigenvalue weighted by molar-refractivity contribution is 0.0998. The van der Waals surface area contributed by atoms with E-state index in [1.54, 1.807) is 24.5 Å². The van der Waals surface area contributed by atoms with Crippen LogP contribution in [0.2, 0.25) is 0 Å². The molecule has 0 spiro atoms. The summed E-state index contributed by atoms with van der Waals surface area (Å²) in [6.45, 7) is 2.19. The number of rotatable bonds is 6. The molecule has 0 saturated heterocycles. The summed E-state index contributed by atoms with van der Waals surface area (Å²) < 4.78 is 6.04. The van der Waals surface area contributed by atoms with Gasteiger partial charge >= 0.3 is 0 Å². The molecule has 6 nitrogen and oxygen atoms in total. The number of ether oxygens (including phenoxy) is 1. The van der Waals surface area contributed by atoms with Crippen LogP contribution in [0.15, 0.2) is 52.7 Å². The first-order chi connectivity index (χ1) is 13.3. The summed E-state index contributed by atoms with van der Waals surface area (Å²) in [6.07, 6.45) is 5.97. The lowest BCUT2D eigenvalue weighted by atomic mass is 10.1. The number of aromatic nitrogens is 1. The molecule has 6 heteroatoms. The summed E-state index contributed by atoms with van der Waals surface area (Å²) >= 11 is 0. The highest BCUT2D eigenvalue weighted by Crippen LogP contribution is 2.39. The van der Waals surface area contributed by atoms with Crippen LogP contribution in [-0.4, -0.2) is 47.0 Å². The highest BCUT2D eigenvalue weighted by atomic mass is 16.5. The number of aliphatic imine (C=N–C) groups is 2. The molecule has 1 aliphatic carbocycles. The van der Waals surface area contributed by atoms with E-state index in [1.165, 1.54) is 12.8 Å². The van der Waals surface area contributed by atoms with Gasteiger partial charge in [0.05, 0.1) is 19.6 Å². The molecule has 5 rings (SSSR count). The molecule has 3 heterocycles. The fourth-order valence-electron chi connectivity index (χ4n) is 3.45. The van der Waals surface area contributed by atoms with Crippen molar-refractivity contribution in [2.45, 2.75) is 19.3 Å². The van der Waals surface area contributed by atoms with Crippen LogP contribution in [-0.2, 0) is 0 Å². The van der Waals surface area contributed by atoms with Crippen molar-refractivity contribution in [1.29, 1.82) is 0 Å². The smallest absolute Gasteiger partial charge is 0.171 e. The second-order valence-electron chi connectivity index (χ2n) is 7.13. The average Bonchev–Trinajstić information content (AvgIpc) is 3.40. The quantitative estimate of drug-likeness (QED) is 0.742. The fourth-order valence-corrected chi connectivity index (χ4v) is 3.45. The minimum atomic E-state index is 0.00734. The molecule has 0 amide bonds. The number of para-hydroxylation sites is 1. The zero-order valence-electron chi connectivity index (χ0n) is 15.0. The van der Waals surface area contributed by atoms with E-state index >= 15 is 0 Å². The van der Waals surface area contributed by atoms with Crippen LogP contribution in [0.4, 0.5) is 5.69 Å². The SMILES string of the molecule is O=C(CC1=Nc2c(OCC3CC3)cccc2C2=NCCN12)c1cccnc1. The second-order valence-corrected chi connectivity index (χ2v) is 7.13. The number of nitrogens with zero attached hydrogens (tertiary/aromatic N) is 4. The van der Waals surface area contributed by atoms with Gasteiger partial charge in [0.25, 0.3) is 0 Å². The molecule has 1 saturated carbocycles. The third kappa shape index (κ3) is 3.12. The molecular formula is C21H20N4O2. The maximum Gasteiger partial charge on any atom is 0.171 e. The maximum atomic E-state index is 12.7. The number of ketones is 1. The van der Waals surface area contributed by atoms with Crippen molar-refractivity contribution in [3.05, 3.63) is 53.9 Å². The Kier molecular flexibility index (Phi) is 3.96. The molecular weight excluding hydrogens is 340 g/mol. The Balaban J connectivity index is 1.49. The molecule has 1 aromatic heterocycles. The first-order valence-corrected chi connectivity index (χ1v) is 9.38. The third-order valence-corrected chi connectivity index (χ3v) is 5.11. The number of carbonyl (C=O) groups is 1. The Bertz CT molecular complexity index is 948. The minimum absolute atomic E-state index is 0.00734. The predicted molar refractivity (Wildman–Crippen MR) is 103 cm³/mol. The van der Waals surface area contributed by atoms with E-state index in [1.807, 2.05) is 18.2 Å². The van der Waals surface area contributed by atoms with Crippen LogP contribution in [0.5, 0.6) is 5.75 Å². The average molecular weight is 360 g/mol. The van der Waals surface area contributed by atoms with Gasteiger partial charge in [-0.25, -0.2) is 4.99 Å². The monoisotopic (exact) mass is 360 g/mol. The number of pyridine rings is 1. The molecule has 0 atom stereocenters. The predicted octanol–water partition coefficient (Wildman–Crippen LogP) is 3.25. The number of Topliss-reactive ketones (excluding diaryl/α,β-unsaturated/α-hetero) is 1. The Labute approximate surface area is 157 Å². The van der Waals surface area contributed by atoms with Gasteiger partial charge in [-0.2, -0.15) is 0 Å². The van der Waals surface area contributed by atoms with Crippen LogP contribution < -0.4 is 4.74 Å². The summed E-state index contributed by atoms with van der Waals surface area (Å²) in [4.78, 5) is 28.3. The lowest BCUT2D eigenvalue weighted by Crippen LogP contribution is -2.38. The van der Waals surface area contributed by atoms with E-state index in [0.717, 1.165) is 41.8 Å². The van der Waals surface area contributed by atoms with Crippen molar-refractivity contribution < 1.29 is 9.53 Å². The largest absolute Gasteiger partial charge is 0.491 e. The summed E-state index contributed by atoms with van der Waals surface area (Å²) in [6, 6.07) is 9.53.